The topological polar surface area (TPSA) is 55.4 Å². The van der Waals surface area contributed by atoms with Gasteiger partial charge >= 0.3 is 0 Å². The summed E-state index contributed by atoms with van der Waals surface area (Å²) in [6, 6.07) is 8.14. The molecular weight excluding hydrogens is 274 g/mol. The van der Waals surface area contributed by atoms with Crippen LogP contribution in [0, 0.1) is 0 Å². The molecule has 1 heterocycles. The van der Waals surface area contributed by atoms with Crippen LogP contribution < -0.4 is 10.1 Å². The molecule has 1 aliphatic heterocycles. The van der Waals surface area contributed by atoms with Crippen LogP contribution in [0.2, 0.25) is 0 Å². The summed E-state index contributed by atoms with van der Waals surface area (Å²) in [4.78, 5) is 0. The number of rotatable bonds is 5. The van der Waals surface area contributed by atoms with Crippen LogP contribution in [0.5, 0.6) is 5.75 Å². The fraction of sp³-hybridized carbons (Fsp3) is 0.600. The number of methoxy groups -OCH3 is 1. The average molecular weight is 297 g/mol. The van der Waals surface area contributed by atoms with E-state index in [-0.39, 0.29) is 23.1 Å². The number of para-hydroxylation sites is 1. The van der Waals surface area contributed by atoms with Crippen molar-refractivity contribution in [1.29, 1.82) is 0 Å². The highest BCUT2D eigenvalue weighted by molar-refractivity contribution is 7.91. The van der Waals surface area contributed by atoms with Crippen molar-refractivity contribution >= 4 is 9.84 Å². The average Bonchev–Trinajstić information content (AvgIpc) is 2.63. The summed E-state index contributed by atoms with van der Waals surface area (Å²) in [5, 5.41) is 3.48. The van der Waals surface area contributed by atoms with Crippen LogP contribution in [0.1, 0.15) is 25.8 Å². The molecule has 1 fully saturated rings. The van der Waals surface area contributed by atoms with Crippen molar-refractivity contribution in [2.24, 2.45) is 0 Å². The summed E-state index contributed by atoms with van der Waals surface area (Å²) in [7, 11) is -1.20. The summed E-state index contributed by atoms with van der Waals surface area (Å²) in [6.45, 7) is 4.08. The Morgan fingerprint density at radius 2 is 2.10 bits per heavy atom. The van der Waals surface area contributed by atoms with Gasteiger partial charge in [0.15, 0.2) is 9.84 Å². The van der Waals surface area contributed by atoms with E-state index in [9.17, 15) is 8.42 Å². The first kappa shape index (κ1) is 15.3. The van der Waals surface area contributed by atoms with Crippen molar-refractivity contribution in [3.05, 3.63) is 29.8 Å². The van der Waals surface area contributed by atoms with E-state index in [0.717, 1.165) is 17.7 Å². The zero-order valence-electron chi connectivity index (χ0n) is 12.3. The summed E-state index contributed by atoms with van der Waals surface area (Å²) in [6.07, 6.45) is 1.51. The zero-order chi connectivity index (χ0) is 14.8. The molecule has 5 heteroatoms. The predicted molar refractivity (Wildman–Crippen MR) is 81.0 cm³/mol. The SMILES string of the molecule is COc1ccccc1CC(C)NC1(C)CCS(=O)(=O)C1. The third kappa shape index (κ3) is 3.73. The highest BCUT2D eigenvalue weighted by atomic mass is 32.2. The number of hydrogen-bond donors (Lipinski definition) is 1. The van der Waals surface area contributed by atoms with Crippen LogP contribution in [-0.4, -0.2) is 38.6 Å². The molecule has 0 spiro atoms. The third-order valence-corrected chi connectivity index (χ3v) is 5.72. The number of nitrogens with one attached hydrogen (secondary N) is 1. The molecule has 2 atom stereocenters. The van der Waals surface area contributed by atoms with Gasteiger partial charge in [-0.25, -0.2) is 8.42 Å². The molecule has 0 bridgehead atoms. The van der Waals surface area contributed by atoms with Crippen molar-refractivity contribution in [2.75, 3.05) is 18.6 Å². The summed E-state index contributed by atoms with van der Waals surface area (Å²) in [5.41, 5.74) is 0.833. The molecule has 1 saturated heterocycles. The number of benzene rings is 1. The first-order chi connectivity index (χ1) is 9.34. The van der Waals surface area contributed by atoms with Gasteiger partial charge in [-0.15, -0.1) is 0 Å². The van der Waals surface area contributed by atoms with Crippen molar-refractivity contribution in [1.82, 2.24) is 5.32 Å². The van der Waals surface area contributed by atoms with Crippen LogP contribution in [0.3, 0.4) is 0 Å². The molecule has 0 aromatic heterocycles. The van der Waals surface area contributed by atoms with Gasteiger partial charge in [-0.2, -0.15) is 0 Å². The van der Waals surface area contributed by atoms with E-state index in [1.165, 1.54) is 0 Å². The van der Waals surface area contributed by atoms with E-state index < -0.39 is 9.84 Å². The molecule has 0 saturated carbocycles. The zero-order valence-corrected chi connectivity index (χ0v) is 13.2. The highest BCUT2D eigenvalue weighted by Gasteiger charge is 2.38. The summed E-state index contributed by atoms with van der Waals surface area (Å²) >= 11 is 0. The minimum Gasteiger partial charge on any atom is -0.496 e. The Balaban J connectivity index is 2.01. The maximum absolute atomic E-state index is 11.6. The molecule has 2 unspecified atom stereocenters. The van der Waals surface area contributed by atoms with Gasteiger partial charge < -0.3 is 10.1 Å². The molecule has 4 nitrogen and oxygen atoms in total. The van der Waals surface area contributed by atoms with Crippen molar-refractivity contribution < 1.29 is 13.2 Å². The Morgan fingerprint density at radius 1 is 1.40 bits per heavy atom. The third-order valence-electron chi connectivity index (χ3n) is 3.82. The molecule has 0 amide bonds. The maximum atomic E-state index is 11.6. The molecule has 2 rings (SSSR count). The molecular formula is C15H23NO3S. The molecule has 1 aromatic rings. The standard InChI is InChI=1S/C15H23NO3S/c1-12(10-13-6-4-5-7-14(13)19-3)16-15(2)8-9-20(17,18)11-15/h4-7,12,16H,8-11H2,1-3H3. The highest BCUT2D eigenvalue weighted by Crippen LogP contribution is 2.25. The summed E-state index contributed by atoms with van der Waals surface area (Å²) in [5.74, 6) is 1.40. The normalized spacial score (nSPS) is 26.4. The second-order valence-electron chi connectivity index (χ2n) is 5.96. The van der Waals surface area contributed by atoms with Crippen LogP contribution in [-0.2, 0) is 16.3 Å². The Bertz CT molecular complexity index is 570. The van der Waals surface area contributed by atoms with E-state index in [1.807, 2.05) is 31.2 Å². The van der Waals surface area contributed by atoms with Crippen molar-refractivity contribution in [2.45, 2.75) is 38.3 Å². The van der Waals surface area contributed by atoms with Gasteiger partial charge in [-0.05, 0) is 38.3 Å². The minimum atomic E-state index is -2.87. The van der Waals surface area contributed by atoms with Gasteiger partial charge in [0.05, 0.1) is 18.6 Å². The van der Waals surface area contributed by atoms with E-state index in [2.05, 4.69) is 12.2 Å². The van der Waals surface area contributed by atoms with Gasteiger partial charge in [-0.3, -0.25) is 0 Å². The van der Waals surface area contributed by atoms with E-state index >= 15 is 0 Å². The molecule has 0 aliphatic carbocycles. The lowest BCUT2D eigenvalue weighted by Gasteiger charge is -2.29. The number of sulfone groups is 1. The molecule has 1 aromatic carbocycles. The van der Waals surface area contributed by atoms with E-state index in [4.69, 9.17) is 4.74 Å². The monoisotopic (exact) mass is 297 g/mol. The lowest BCUT2D eigenvalue weighted by atomic mass is 9.98. The van der Waals surface area contributed by atoms with Crippen LogP contribution in [0.4, 0.5) is 0 Å². The largest absolute Gasteiger partial charge is 0.496 e. The molecule has 20 heavy (non-hydrogen) atoms. The molecule has 1 aliphatic rings. The lowest BCUT2D eigenvalue weighted by Crippen LogP contribution is -2.48. The second kappa shape index (κ2) is 5.74. The van der Waals surface area contributed by atoms with Gasteiger partial charge in [0.2, 0.25) is 0 Å². The van der Waals surface area contributed by atoms with E-state index in [0.29, 0.717) is 6.42 Å². The molecule has 112 valence electrons. The number of ether oxygens (including phenoxy) is 1. The fourth-order valence-electron chi connectivity index (χ4n) is 2.97. The summed E-state index contributed by atoms with van der Waals surface area (Å²) < 4.78 is 28.6. The van der Waals surface area contributed by atoms with Gasteiger partial charge in [0, 0.05) is 11.6 Å². The fourth-order valence-corrected chi connectivity index (χ4v) is 5.08. The first-order valence-corrected chi connectivity index (χ1v) is 8.76. The Kier molecular flexibility index (Phi) is 4.39. The first-order valence-electron chi connectivity index (χ1n) is 6.94. The Morgan fingerprint density at radius 3 is 2.70 bits per heavy atom. The van der Waals surface area contributed by atoms with Crippen molar-refractivity contribution in [3.63, 3.8) is 0 Å². The van der Waals surface area contributed by atoms with Gasteiger partial charge in [-0.1, -0.05) is 18.2 Å². The van der Waals surface area contributed by atoms with E-state index in [1.54, 1.807) is 7.11 Å². The van der Waals surface area contributed by atoms with Crippen LogP contribution in [0.15, 0.2) is 24.3 Å². The molecule has 1 N–H and O–H groups in total. The lowest BCUT2D eigenvalue weighted by molar-refractivity contribution is 0.345. The predicted octanol–water partition coefficient (Wildman–Crippen LogP) is 1.79. The van der Waals surface area contributed by atoms with Gasteiger partial charge in [0.25, 0.3) is 0 Å². The molecule has 0 radical (unpaired) electrons. The quantitative estimate of drug-likeness (QED) is 0.900. The smallest absolute Gasteiger partial charge is 0.152 e. The number of hydrogen-bond acceptors (Lipinski definition) is 4. The Labute approximate surface area is 121 Å². The van der Waals surface area contributed by atoms with Crippen LogP contribution >= 0.6 is 0 Å². The van der Waals surface area contributed by atoms with Crippen molar-refractivity contribution in [3.8, 4) is 5.75 Å². The second-order valence-corrected chi connectivity index (χ2v) is 8.15. The maximum Gasteiger partial charge on any atom is 0.152 e. The minimum absolute atomic E-state index is 0.199. The Hall–Kier alpha value is -1.07. The van der Waals surface area contributed by atoms with Gasteiger partial charge in [0.1, 0.15) is 5.75 Å². The van der Waals surface area contributed by atoms with Crippen LogP contribution in [0.25, 0.3) is 0 Å².